The van der Waals surface area contributed by atoms with E-state index in [1.54, 1.807) is 12.7 Å². The molecule has 138 valence electrons. The zero-order chi connectivity index (χ0) is 17.2. The van der Waals surface area contributed by atoms with Crippen LogP contribution in [0, 0.1) is 0 Å². The number of aromatic nitrogens is 3. The van der Waals surface area contributed by atoms with Crippen molar-refractivity contribution in [2.45, 2.75) is 39.3 Å². The first-order valence-corrected chi connectivity index (χ1v) is 8.70. The molecule has 1 heterocycles. The van der Waals surface area contributed by atoms with E-state index in [0.717, 1.165) is 49.0 Å². The fraction of sp³-hybridized carbons (Fsp3) is 0.471. The highest BCUT2D eigenvalue weighted by Gasteiger charge is 2.10. The predicted molar refractivity (Wildman–Crippen MR) is 114 cm³/mol. The van der Waals surface area contributed by atoms with Crippen LogP contribution in [-0.2, 0) is 6.54 Å². The van der Waals surface area contributed by atoms with Gasteiger partial charge >= 0.3 is 0 Å². The molecular weight excluding hydrogens is 451 g/mol. The highest BCUT2D eigenvalue weighted by Crippen LogP contribution is 2.21. The van der Waals surface area contributed by atoms with Crippen LogP contribution in [0.2, 0.25) is 5.02 Å². The van der Waals surface area contributed by atoms with Crippen LogP contribution in [0.25, 0.3) is 0 Å². The van der Waals surface area contributed by atoms with Crippen molar-refractivity contribution in [2.75, 3.05) is 13.1 Å². The van der Waals surface area contributed by atoms with Crippen molar-refractivity contribution in [2.24, 2.45) is 4.99 Å². The number of aryl methyl sites for hydroxylation is 1. The molecule has 1 unspecified atom stereocenters. The maximum absolute atomic E-state index is 6.26. The van der Waals surface area contributed by atoms with Gasteiger partial charge in [0.05, 0.1) is 6.04 Å². The van der Waals surface area contributed by atoms with Crippen molar-refractivity contribution in [3.8, 4) is 0 Å². The van der Waals surface area contributed by atoms with E-state index in [4.69, 9.17) is 11.6 Å². The number of nitrogens with zero attached hydrogens (tertiary/aromatic N) is 4. The molecule has 1 atom stereocenters. The topological polar surface area (TPSA) is 67.1 Å². The van der Waals surface area contributed by atoms with Crippen molar-refractivity contribution >= 4 is 41.5 Å². The van der Waals surface area contributed by atoms with Gasteiger partial charge in [-0.2, -0.15) is 0 Å². The molecule has 2 N–H and O–H groups in total. The van der Waals surface area contributed by atoms with Gasteiger partial charge in [-0.1, -0.05) is 29.8 Å². The van der Waals surface area contributed by atoms with Gasteiger partial charge in [0.2, 0.25) is 0 Å². The number of rotatable bonds is 8. The molecule has 25 heavy (non-hydrogen) atoms. The van der Waals surface area contributed by atoms with E-state index in [0.29, 0.717) is 0 Å². The molecule has 8 heteroatoms. The van der Waals surface area contributed by atoms with Crippen LogP contribution in [0.3, 0.4) is 0 Å². The van der Waals surface area contributed by atoms with Gasteiger partial charge in [-0.15, -0.1) is 34.2 Å². The summed E-state index contributed by atoms with van der Waals surface area (Å²) >= 11 is 6.26. The molecule has 0 fully saturated rings. The van der Waals surface area contributed by atoms with Crippen LogP contribution in [0.1, 0.15) is 38.3 Å². The monoisotopic (exact) mass is 476 g/mol. The second-order valence-electron chi connectivity index (χ2n) is 5.56. The zero-order valence-electron chi connectivity index (χ0n) is 14.7. The van der Waals surface area contributed by atoms with E-state index in [1.807, 2.05) is 28.8 Å². The van der Waals surface area contributed by atoms with E-state index < -0.39 is 0 Å². The van der Waals surface area contributed by atoms with Gasteiger partial charge in [0, 0.05) is 24.7 Å². The summed E-state index contributed by atoms with van der Waals surface area (Å²) in [5.41, 5.74) is 1.07. The molecule has 0 aliphatic carbocycles. The number of halogens is 2. The second-order valence-corrected chi connectivity index (χ2v) is 5.96. The third kappa shape index (κ3) is 7.60. The molecule has 0 aliphatic heterocycles. The summed E-state index contributed by atoms with van der Waals surface area (Å²) in [5, 5.41) is 15.0. The minimum absolute atomic E-state index is 0. The Morgan fingerprint density at radius 2 is 1.96 bits per heavy atom. The van der Waals surface area contributed by atoms with E-state index in [-0.39, 0.29) is 30.0 Å². The standard InChI is InChI=1S/C17H25ClN6.HI/c1-3-19-17(20-10-6-7-11-24-12-21-22-13-24)23-14(2)15-8-4-5-9-16(15)18;/h4-5,8-9,12-14H,3,6-7,10-11H2,1-2H3,(H2,19,20,23);1H. The maximum atomic E-state index is 6.26. The van der Waals surface area contributed by atoms with Crippen molar-refractivity contribution in [1.29, 1.82) is 0 Å². The Balaban J connectivity index is 0.00000312. The van der Waals surface area contributed by atoms with Gasteiger partial charge in [-0.3, -0.25) is 4.99 Å². The lowest BCUT2D eigenvalue weighted by atomic mass is 10.1. The number of hydrogen-bond donors (Lipinski definition) is 2. The summed E-state index contributed by atoms with van der Waals surface area (Å²) in [5.74, 6) is 0.814. The van der Waals surface area contributed by atoms with Crippen molar-refractivity contribution < 1.29 is 0 Å². The summed E-state index contributed by atoms with van der Waals surface area (Å²) < 4.78 is 1.98. The first-order valence-electron chi connectivity index (χ1n) is 8.32. The first-order chi connectivity index (χ1) is 11.7. The Labute approximate surface area is 171 Å². The van der Waals surface area contributed by atoms with Crippen LogP contribution in [-0.4, -0.2) is 33.8 Å². The van der Waals surface area contributed by atoms with Crippen molar-refractivity contribution in [3.05, 3.63) is 47.5 Å². The van der Waals surface area contributed by atoms with Crippen LogP contribution >= 0.6 is 35.6 Å². The SMILES string of the molecule is CCNC(=NCCCCn1cnnc1)NC(C)c1ccccc1Cl.I. The molecular formula is C17H26ClIN6. The van der Waals surface area contributed by atoms with E-state index in [2.05, 4.69) is 39.7 Å². The Morgan fingerprint density at radius 3 is 2.64 bits per heavy atom. The maximum Gasteiger partial charge on any atom is 0.191 e. The van der Waals surface area contributed by atoms with Crippen molar-refractivity contribution in [1.82, 2.24) is 25.4 Å². The van der Waals surface area contributed by atoms with E-state index in [9.17, 15) is 0 Å². The fourth-order valence-electron chi connectivity index (χ4n) is 2.36. The van der Waals surface area contributed by atoms with Crippen LogP contribution in [0.5, 0.6) is 0 Å². The lowest BCUT2D eigenvalue weighted by Gasteiger charge is -2.19. The third-order valence-corrected chi connectivity index (χ3v) is 3.97. The third-order valence-electron chi connectivity index (χ3n) is 3.63. The molecule has 0 saturated heterocycles. The molecule has 0 aliphatic rings. The molecule has 6 nitrogen and oxygen atoms in total. The number of nitrogens with one attached hydrogen (secondary N) is 2. The number of unbranched alkanes of at least 4 members (excludes halogenated alkanes) is 1. The first kappa shape index (κ1) is 21.7. The van der Waals surface area contributed by atoms with Crippen LogP contribution in [0.4, 0.5) is 0 Å². The van der Waals surface area contributed by atoms with Crippen LogP contribution < -0.4 is 10.6 Å². The summed E-state index contributed by atoms with van der Waals surface area (Å²) in [6, 6.07) is 7.96. The molecule has 2 rings (SSSR count). The highest BCUT2D eigenvalue weighted by atomic mass is 127. The number of benzene rings is 1. The van der Waals surface area contributed by atoms with Gasteiger partial charge in [0.1, 0.15) is 12.7 Å². The normalized spacial score (nSPS) is 12.4. The largest absolute Gasteiger partial charge is 0.357 e. The Hall–Kier alpha value is -1.35. The van der Waals surface area contributed by atoms with Crippen LogP contribution in [0.15, 0.2) is 41.9 Å². The number of hydrogen-bond acceptors (Lipinski definition) is 3. The Bertz CT molecular complexity index is 632. The van der Waals surface area contributed by atoms with E-state index in [1.165, 1.54) is 0 Å². The molecule has 1 aromatic heterocycles. The Morgan fingerprint density at radius 1 is 1.24 bits per heavy atom. The average Bonchev–Trinajstić information content (AvgIpc) is 3.08. The summed E-state index contributed by atoms with van der Waals surface area (Å²) in [7, 11) is 0. The van der Waals surface area contributed by atoms with E-state index >= 15 is 0 Å². The second kappa shape index (κ2) is 12.1. The summed E-state index contributed by atoms with van der Waals surface area (Å²) in [6.07, 6.45) is 5.52. The quantitative estimate of drug-likeness (QED) is 0.264. The molecule has 0 bridgehead atoms. The minimum Gasteiger partial charge on any atom is -0.357 e. The molecule has 0 amide bonds. The molecule has 0 saturated carbocycles. The molecule has 0 radical (unpaired) electrons. The van der Waals surface area contributed by atoms with Crippen molar-refractivity contribution in [3.63, 3.8) is 0 Å². The Kier molecular flexibility index (Phi) is 10.5. The summed E-state index contributed by atoms with van der Waals surface area (Å²) in [6.45, 7) is 6.65. The van der Waals surface area contributed by atoms with Gasteiger partial charge in [-0.25, -0.2) is 0 Å². The average molecular weight is 477 g/mol. The van der Waals surface area contributed by atoms with Gasteiger partial charge in [0.25, 0.3) is 0 Å². The zero-order valence-corrected chi connectivity index (χ0v) is 17.7. The molecule has 0 spiro atoms. The molecule has 2 aromatic rings. The van der Waals surface area contributed by atoms with Gasteiger partial charge in [0.15, 0.2) is 5.96 Å². The molecule has 1 aromatic carbocycles. The summed E-state index contributed by atoms with van der Waals surface area (Å²) in [4.78, 5) is 4.64. The van der Waals surface area contributed by atoms with Gasteiger partial charge in [-0.05, 0) is 38.3 Å². The van der Waals surface area contributed by atoms with Gasteiger partial charge < -0.3 is 15.2 Å². The highest BCUT2D eigenvalue weighted by molar-refractivity contribution is 14.0. The lowest BCUT2D eigenvalue weighted by molar-refractivity contribution is 0.609. The fourth-order valence-corrected chi connectivity index (χ4v) is 2.66. The minimum atomic E-state index is 0. The number of guanidine groups is 1. The smallest absolute Gasteiger partial charge is 0.191 e. The predicted octanol–water partition coefficient (Wildman–Crippen LogP) is 3.65. The lowest BCUT2D eigenvalue weighted by Crippen LogP contribution is -2.38. The number of aliphatic imine (C=N–C) groups is 1.